The van der Waals surface area contributed by atoms with Crippen LogP contribution in [0.15, 0.2) is 24.3 Å². The summed E-state index contributed by atoms with van der Waals surface area (Å²) in [5.41, 5.74) is 1.42. The van der Waals surface area contributed by atoms with Crippen molar-refractivity contribution in [2.24, 2.45) is 0 Å². The molecule has 5 nitrogen and oxygen atoms in total. The Bertz CT molecular complexity index is 626. The van der Waals surface area contributed by atoms with Gasteiger partial charge >= 0.3 is 6.09 Å². The third-order valence-corrected chi connectivity index (χ3v) is 3.50. The number of Topliss-reactive ketones (excluding diaryl/α,β-unsaturated/α-hetero) is 1. The van der Waals surface area contributed by atoms with Crippen LogP contribution in [0.1, 0.15) is 38.3 Å². The molecular weight excluding hydrogens is 280 g/mol. The summed E-state index contributed by atoms with van der Waals surface area (Å²) in [6, 6.07) is 8.95. The highest BCUT2D eigenvalue weighted by atomic mass is 16.6. The lowest BCUT2D eigenvalue weighted by atomic mass is 9.91. The van der Waals surface area contributed by atoms with Crippen LogP contribution in [0.4, 0.5) is 4.79 Å². The molecule has 0 aromatic heterocycles. The summed E-state index contributed by atoms with van der Waals surface area (Å²) in [5, 5.41) is 8.77. The normalized spacial score (nSPS) is 17.4. The number of fused-ring (bicyclic) bond motifs is 1. The van der Waals surface area contributed by atoms with Crippen LogP contribution in [0.25, 0.3) is 0 Å². The van der Waals surface area contributed by atoms with Crippen molar-refractivity contribution in [3.05, 3.63) is 35.4 Å². The van der Waals surface area contributed by atoms with Crippen molar-refractivity contribution in [1.82, 2.24) is 4.90 Å². The minimum Gasteiger partial charge on any atom is -0.444 e. The second-order valence-corrected chi connectivity index (χ2v) is 6.40. The number of hydrogen-bond donors (Lipinski definition) is 0. The largest absolute Gasteiger partial charge is 0.444 e. The lowest BCUT2D eigenvalue weighted by molar-refractivity contribution is -0.123. The first-order chi connectivity index (χ1) is 10.3. The molecule has 0 saturated heterocycles. The predicted molar refractivity (Wildman–Crippen MR) is 80.9 cm³/mol. The van der Waals surface area contributed by atoms with Gasteiger partial charge in [-0.05, 0) is 31.9 Å². The van der Waals surface area contributed by atoms with E-state index >= 15 is 0 Å². The first-order valence-electron chi connectivity index (χ1n) is 7.28. The summed E-state index contributed by atoms with van der Waals surface area (Å²) < 4.78 is 5.40. The van der Waals surface area contributed by atoms with Crippen LogP contribution in [-0.2, 0) is 22.5 Å². The molecule has 1 atom stereocenters. The maximum absolute atomic E-state index is 12.4. The second kappa shape index (κ2) is 6.18. The summed E-state index contributed by atoms with van der Waals surface area (Å²) in [6.07, 6.45) is -0.291. The molecule has 1 aromatic rings. The van der Waals surface area contributed by atoms with Crippen LogP contribution in [0, 0.1) is 11.3 Å². The number of benzene rings is 1. The number of nitrogens with zero attached hydrogens (tertiary/aromatic N) is 2. The van der Waals surface area contributed by atoms with Gasteiger partial charge in [0.15, 0.2) is 5.78 Å². The van der Waals surface area contributed by atoms with E-state index in [0.29, 0.717) is 13.0 Å². The number of ketones is 1. The Labute approximate surface area is 130 Å². The standard InChI is InChI=1S/C17H20N2O3/c1-17(2,3)22-16(21)19-11-13-7-5-4-6-12(13)10-14(19)15(20)8-9-18/h4-7,14H,8,10-11H2,1-3H3. The number of nitriles is 1. The molecule has 1 amide bonds. The molecule has 2 rings (SSSR count). The molecule has 0 aliphatic carbocycles. The fourth-order valence-electron chi connectivity index (χ4n) is 2.52. The molecular formula is C17H20N2O3. The molecule has 1 aliphatic heterocycles. The minimum atomic E-state index is -0.635. The van der Waals surface area contributed by atoms with Gasteiger partial charge in [0, 0.05) is 6.42 Å². The van der Waals surface area contributed by atoms with Gasteiger partial charge in [-0.1, -0.05) is 24.3 Å². The Hall–Kier alpha value is -2.35. The van der Waals surface area contributed by atoms with Gasteiger partial charge in [-0.25, -0.2) is 4.79 Å². The fraction of sp³-hybridized carbons (Fsp3) is 0.471. The molecule has 22 heavy (non-hydrogen) atoms. The van der Waals surface area contributed by atoms with Gasteiger partial charge in [-0.15, -0.1) is 0 Å². The Kier molecular flexibility index (Phi) is 4.51. The van der Waals surface area contributed by atoms with Gasteiger partial charge in [0.25, 0.3) is 0 Å². The van der Waals surface area contributed by atoms with Gasteiger partial charge in [0.2, 0.25) is 0 Å². The van der Waals surface area contributed by atoms with Crippen molar-refractivity contribution in [2.75, 3.05) is 0 Å². The van der Waals surface area contributed by atoms with E-state index in [2.05, 4.69) is 0 Å². The third-order valence-electron chi connectivity index (χ3n) is 3.50. The number of carbonyl (C=O) groups excluding carboxylic acids is 2. The van der Waals surface area contributed by atoms with Crippen LogP contribution in [-0.4, -0.2) is 28.4 Å². The van der Waals surface area contributed by atoms with Gasteiger partial charge < -0.3 is 4.74 Å². The molecule has 1 heterocycles. The van der Waals surface area contributed by atoms with Crippen LogP contribution >= 0.6 is 0 Å². The Morgan fingerprint density at radius 2 is 1.95 bits per heavy atom. The zero-order chi connectivity index (χ0) is 16.3. The Morgan fingerprint density at radius 1 is 1.32 bits per heavy atom. The van der Waals surface area contributed by atoms with E-state index in [9.17, 15) is 9.59 Å². The number of ether oxygens (including phenoxy) is 1. The number of rotatable bonds is 2. The van der Waals surface area contributed by atoms with Crippen LogP contribution < -0.4 is 0 Å². The van der Waals surface area contributed by atoms with Crippen molar-refractivity contribution in [2.45, 2.75) is 51.8 Å². The van der Waals surface area contributed by atoms with Crippen molar-refractivity contribution in [1.29, 1.82) is 5.26 Å². The zero-order valence-electron chi connectivity index (χ0n) is 13.1. The monoisotopic (exact) mass is 300 g/mol. The second-order valence-electron chi connectivity index (χ2n) is 6.40. The van der Waals surface area contributed by atoms with Crippen LogP contribution in [0.5, 0.6) is 0 Å². The molecule has 0 N–H and O–H groups in total. The van der Waals surface area contributed by atoms with Crippen LogP contribution in [0.2, 0.25) is 0 Å². The molecule has 0 fully saturated rings. The van der Waals surface area contributed by atoms with Crippen LogP contribution in [0.3, 0.4) is 0 Å². The maximum atomic E-state index is 12.4. The van der Waals surface area contributed by atoms with Crippen molar-refractivity contribution in [3.8, 4) is 6.07 Å². The Balaban J connectivity index is 2.29. The number of hydrogen-bond acceptors (Lipinski definition) is 4. The zero-order valence-corrected chi connectivity index (χ0v) is 13.1. The lowest BCUT2D eigenvalue weighted by Crippen LogP contribution is -2.50. The summed E-state index contributed by atoms with van der Waals surface area (Å²) in [5.74, 6) is -0.247. The highest BCUT2D eigenvalue weighted by Gasteiger charge is 2.36. The molecule has 1 aliphatic rings. The van der Waals surface area contributed by atoms with Crippen molar-refractivity contribution >= 4 is 11.9 Å². The fourth-order valence-corrected chi connectivity index (χ4v) is 2.52. The van der Waals surface area contributed by atoms with E-state index in [4.69, 9.17) is 10.00 Å². The molecule has 1 aromatic carbocycles. The first-order valence-corrected chi connectivity index (χ1v) is 7.28. The molecule has 0 spiro atoms. The quantitative estimate of drug-likeness (QED) is 0.842. The van der Waals surface area contributed by atoms with Gasteiger partial charge in [0.1, 0.15) is 5.60 Å². The summed E-state index contributed by atoms with van der Waals surface area (Å²) in [7, 11) is 0. The minimum absolute atomic E-state index is 0.202. The van der Waals surface area contributed by atoms with E-state index in [1.54, 1.807) is 20.8 Å². The molecule has 0 saturated carbocycles. The molecule has 0 bridgehead atoms. The number of amides is 1. The summed E-state index contributed by atoms with van der Waals surface area (Å²) >= 11 is 0. The van der Waals surface area contributed by atoms with E-state index in [-0.39, 0.29) is 12.2 Å². The molecule has 1 unspecified atom stereocenters. The maximum Gasteiger partial charge on any atom is 0.411 e. The van der Waals surface area contributed by atoms with Gasteiger partial charge in [0.05, 0.1) is 25.1 Å². The number of carbonyl (C=O) groups is 2. The van der Waals surface area contributed by atoms with Gasteiger partial charge in [-0.2, -0.15) is 5.26 Å². The van der Waals surface area contributed by atoms with Crippen molar-refractivity contribution in [3.63, 3.8) is 0 Å². The average Bonchev–Trinajstić information content (AvgIpc) is 2.44. The van der Waals surface area contributed by atoms with E-state index in [1.165, 1.54) is 4.90 Å². The predicted octanol–water partition coefficient (Wildman–Crippen LogP) is 2.83. The van der Waals surface area contributed by atoms with E-state index in [0.717, 1.165) is 11.1 Å². The van der Waals surface area contributed by atoms with Gasteiger partial charge in [-0.3, -0.25) is 9.69 Å². The summed E-state index contributed by atoms with van der Waals surface area (Å²) in [6.45, 7) is 5.69. The van der Waals surface area contributed by atoms with E-state index in [1.807, 2.05) is 30.3 Å². The summed E-state index contributed by atoms with van der Waals surface area (Å²) in [4.78, 5) is 26.1. The third kappa shape index (κ3) is 3.64. The highest BCUT2D eigenvalue weighted by molar-refractivity contribution is 5.89. The average molecular weight is 300 g/mol. The van der Waals surface area contributed by atoms with Crippen molar-refractivity contribution < 1.29 is 14.3 Å². The highest BCUT2D eigenvalue weighted by Crippen LogP contribution is 2.26. The molecule has 116 valence electrons. The lowest BCUT2D eigenvalue weighted by Gasteiger charge is -2.36. The Morgan fingerprint density at radius 3 is 2.55 bits per heavy atom. The topological polar surface area (TPSA) is 70.4 Å². The smallest absolute Gasteiger partial charge is 0.411 e. The molecule has 0 radical (unpaired) electrons. The van der Waals surface area contributed by atoms with E-state index < -0.39 is 17.7 Å². The SMILES string of the molecule is CC(C)(C)OC(=O)N1Cc2ccccc2CC1C(=O)CC#N. The molecule has 5 heteroatoms. The first kappa shape index (κ1) is 16.0.